The molecule has 6 nitrogen and oxygen atoms in total. The highest BCUT2D eigenvalue weighted by Crippen LogP contribution is 2.19. The van der Waals surface area contributed by atoms with Gasteiger partial charge in [0.1, 0.15) is 12.4 Å². The molecule has 2 atom stereocenters. The van der Waals surface area contributed by atoms with Gasteiger partial charge < -0.3 is 20.2 Å². The summed E-state index contributed by atoms with van der Waals surface area (Å²) >= 11 is 0. The summed E-state index contributed by atoms with van der Waals surface area (Å²) in [6.45, 7) is 4.20. The van der Waals surface area contributed by atoms with Gasteiger partial charge in [-0.05, 0) is 36.8 Å². The van der Waals surface area contributed by atoms with Gasteiger partial charge in [0.2, 0.25) is 5.91 Å². The van der Waals surface area contributed by atoms with Crippen molar-refractivity contribution in [3.63, 3.8) is 0 Å². The first-order valence-electron chi connectivity index (χ1n) is 10.7. The predicted octanol–water partition coefficient (Wildman–Crippen LogP) is 4.56. The molecule has 2 rings (SSSR count). The Bertz CT molecular complexity index is 824. The SMILES string of the molecule is CC(=O)CCC(NC(=O)CCC(C)CNC(=O)OCc1ccccc1)c1ccccc1. The lowest BCUT2D eigenvalue weighted by Gasteiger charge is -2.19. The van der Waals surface area contributed by atoms with E-state index >= 15 is 0 Å². The molecule has 2 aromatic carbocycles. The van der Waals surface area contributed by atoms with Crippen LogP contribution in [0.4, 0.5) is 4.79 Å². The second kappa shape index (κ2) is 13.2. The Morgan fingerprint density at radius 2 is 1.55 bits per heavy atom. The van der Waals surface area contributed by atoms with E-state index in [-0.39, 0.29) is 30.3 Å². The smallest absolute Gasteiger partial charge is 0.407 e. The van der Waals surface area contributed by atoms with Crippen LogP contribution in [0.25, 0.3) is 0 Å². The average Bonchev–Trinajstić information content (AvgIpc) is 2.78. The summed E-state index contributed by atoms with van der Waals surface area (Å²) in [6.07, 6.45) is 1.53. The van der Waals surface area contributed by atoms with Crippen LogP contribution in [0.3, 0.4) is 0 Å². The first-order chi connectivity index (χ1) is 14.9. The minimum absolute atomic E-state index is 0.0593. The number of alkyl carbamates (subject to hydrolysis) is 1. The van der Waals surface area contributed by atoms with Crippen LogP contribution in [0.15, 0.2) is 60.7 Å². The lowest BCUT2D eigenvalue weighted by atomic mass is 10.00. The second-order valence-electron chi connectivity index (χ2n) is 7.86. The van der Waals surface area contributed by atoms with Crippen LogP contribution in [0.2, 0.25) is 0 Å². The van der Waals surface area contributed by atoms with Crippen molar-refractivity contribution < 1.29 is 19.1 Å². The van der Waals surface area contributed by atoms with Crippen molar-refractivity contribution in [3.8, 4) is 0 Å². The molecule has 31 heavy (non-hydrogen) atoms. The number of benzene rings is 2. The predicted molar refractivity (Wildman–Crippen MR) is 120 cm³/mol. The van der Waals surface area contributed by atoms with Gasteiger partial charge in [-0.25, -0.2) is 4.79 Å². The highest BCUT2D eigenvalue weighted by atomic mass is 16.5. The zero-order chi connectivity index (χ0) is 22.5. The Morgan fingerprint density at radius 1 is 0.903 bits per heavy atom. The zero-order valence-corrected chi connectivity index (χ0v) is 18.3. The Hall–Kier alpha value is -3.15. The van der Waals surface area contributed by atoms with Gasteiger partial charge in [-0.15, -0.1) is 0 Å². The molecule has 0 aliphatic rings. The number of ketones is 1. The van der Waals surface area contributed by atoms with Crippen molar-refractivity contribution in [2.24, 2.45) is 5.92 Å². The van der Waals surface area contributed by atoms with Crippen LogP contribution in [0.1, 0.15) is 56.7 Å². The third kappa shape index (κ3) is 9.94. The molecule has 2 amide bonds. The molecule has 0 radical (unpaired) electrons. The molecule has 2 N–H and O–H groups in total. The first kappa shape index (κ1) is 24.1. The number of carbonyl (C=O) groups excluding carboxylic acids is 3. The summed E-state index contributed by atoms with van der Waals surface area (Å²) in [6, 6.07) is 19.0. The standard InChI is InChI=1S/C25H32N2O4/c1-19(17-26-25(30)31-18-21-9-5-3-6-10-21)13-16-24(29)27-23(15-14-20(2)28)22-11-7-4-8-12-22/h3-12,19,23H,13-18H2,1-2H3,(H,26,30)(H,27,29). The third-order valence-corrected chi connectivity index (χ3v) is 4.99. The molecular weight excluding hydrogens is 392 g/mol. The molecule has 0 saturated heterocycles. The van der Waals surface area contributed by atoms with Crippen molar-refractivity contribution in [3.05, 3.63) is 71.8 Å². The minimum atomic E-state index is -0.464. The van der Waals surface area contributed by atoms with Gasteiger partial charge in [0.15, 0.2) is 0 Å². The van der Waals surface area contributed by atoms with Crippen molar-refractivity contribution >= 4 is 17.8 Å². The molecule has 6 heteroatoms. The summed E-state index contributed by atoms with van der Waals surface area (Å²) in [5, 5.41) is 5.79. The van der Waals surface area contributed by atoms with Crippen molar-refractivity contribution in [1.82, 2.24) is 10.6 Å². The summed E-state index contributed by atoms with van der Waals surface area (Å²) in [4.78, 5) is 35.7. The topological polar surface area (TPSA) is 84.5 Å². The molecule has 0 aliphatic heterocycles. The van der Waals surface area contributed by atoms with Gasteiger partial charge in [0.05, 0.1) is 6.04 Å². The van der Waals surface area contributed by atoms with E-state index in [1.807, 2.05) is 67.6 Å². The molecule has 0 bridgehead atoms. The van der Waals surface area contributed by atoms with E-state index in [0.29, 0.717) is 32.2 Å². The van der Waals surface area contributed by atoms with E-state index < -0.39 is 6.09 Å². The molecule has 166 valence electrons. The normalized spacial score (nSPS) is 12.5. The fraction of sp³-hybridized carbons (Fsp3) is 0.400. The van der Waals surface area contributed by atoms with Crippen LogP contribution < -0.4 is 10.6 Å². The summed E-state index contributed by atoms with van der Waals surface area (Å²) < 4.78 is 5.20. The van der Waals surface area contributed by atoms with Crippen LogP contribution in [-0.2, 0) is 20.9 Å². The van der Waals surface area contributed by atoms with E-state index in [4.69, 9.17) is 4.74 Å². The molecule has 0 heterocycles. The molecule has 0 aromatic heterocycles. The number of rotatable bonds is 12. The maximum absolute atomic E-state index is 12.5. The minimum Gasteiger partial charge on any atom is -0.445 e. The number of carbonyl (C=O) groups is 3. The highest BCUT2D eigenvalue weighted by molar-refractivity contribution is 5.77. The average molecular weight is 425 g/mol. The van der Waals surface area contributed by atoms with Crippen LogP contribution >= 0.6 is 0 Å². The van der Waals surface area contributed by atoms with Gasteiger partial charge in [0.25, 0.3) is 0 Å². The Morgan fingerprint density at radius 3 is 2.19 bits per heavy atom. The van der Waals surface area contributed by atoms with Crippen molar-refractivity contribution in [1.29, 1.82) is 0 Å². The molecule has 0 saturated carbocycles. The number of Topliss-reactive ketones (excluding diaryl/α,β-unsaturated/α-hetero) is 1. The van der Waals surface area contributed by atoms with Crippen LogP contribution in [-0.4, -0.2) is 24.3 Å². The second-order valence-corrected chi connectivity index (χ2v) is 7.86. The molecule has 2 aromatic rings. The highest BCUT2D eigenvalue weighted by Gasteiger charge is 2.16. The van der Waals surface area contributed by atoms with Gasteiger partial charge in [-0.3, -0.25) is 4.79 Å². The van der Waals surface area contributed by atoms with E-state index in [1.165, 1.54) is 0 Å². The third-order valence-electron chi connectivity index (χ3n) is 4.99. The Balaban J connectivity index is 1.70. The molecule has 2 unspecified atom stereocenters. The fourth-order valence-corrected chi connectivity index (χ4v) is 3.13. The number of hydrogen-bond donors (Lipinski definition) is 2. The summed E-state index contributed by atoms with van der Waals surface area (Å²) in [7, 11) is 0. The molecular formula is C25H32N2O4. The summed E-state index contributed by atoms with van der Waals surface area (Å²) in [5.74, 6) is 0.173. The summed E-state index contributed by atoms with van der Waals surface area (Å²) in [5.41, 5.74) is 1.92. The largest absolute Gasteiger partial charge is 0.445 e. The maximum atomic E-state index is 12.5. The van der Waals surface area contributed by atoms with Crippen molar-refractivity contribution in [2.45, 2.75) is 52.2 Å². The van der Waals surface area contributed by atoms with Crippen LogP contribution in [0, 0.1) is 5.92 Å². The molecule has 0 aliphatic carbocycles. The maximum Gasteiger partial charge on any atom is 0.407 e. The van der Waals surface area contributed by atoms with Gasteiger partial charge in [0, 0.05) is 19.4 Å². The fourth-order valence-electron chi connectivity index (χ4n) is 3.13. The van der Waals surface area contributed by atoms with E-state index in [2.05, 4.69) is 10.6 Å². The van der Waals surface area contributed by atoms with Gasteiger partial charge >= 0.3 is 6.09 Å². The zero-order valence-electron chi connectivity index (χ0n) is 18.3. The number of hydrogen-bond acceptors (Lipinski definition) is 4. The Kier molecular flexibility index (Phi) is 10.3. The first-order valence-corrected chi connectivity index (χ1v) is 10.7. The quantitative estimate of drug-likeness (QED) is 0.523. The lowest BCUT2D eigenvalue weighted by Crippen LogP contribution is -2.31. The lowest BCUT2D eigenvalue weighted by molar-refractivity contribution is -0.123. The van der Waals surface area contributed by atoms with Crippen molar-refractivity contribution in [2.75, 3.05) is 6.54 Å². The van der Waals surface area contributed by atoms with E-state index in [1.54, 1.807) is 6.92 Å². The van der Waals surface area contributed by atoms with E-state index in [9.17, 15) is 14.4 Å². The Labute approximate surface area is 184 Å². The van der Waals surface area contributed by atoms with Crippen LogP contribution in [0.5, 0.6) is 0 Å². The van der Waals surface area contributed by atoms with E-state index in [0.717, 1.165) is 11.1 Å². The number of ether oxygens (including phenoxy) is 1. The van der Waals surface area contributed by atoms with Gasteiger partial charge in [-0.1, -0.05) is 67.6 Å². The molecule has 0 fully saturated rings. The number of nitrogens with one attached hydrogen (secondary N) is 2. The molecule has 0 spiro atoms. The van der Waals surface area contributed by atoms with Gasteiger partial charge in [-0.2, -0.15) is 0 Å². The number of amides is 2. The monoisotopic (exact) mass is 424 g/mol.